The molecule has 2 heteroatoms. The zero-order valence-corrected chi connectivity index (χ0v) is 8.27. The van der Waals surface area contributed by atoms with Crippen LogP contribution < -0.4 is 0 Å². The third kappa shape index (κ3) is 3.58. The fourth-order valence-electron chi connectivity index (χ4n) is 0.726. The molecule has 1 nitrogen and oxygen atoms in total. The molecule has 64 valence electrons. The number of rotatable bonds is 3. The minimum Gasteiger partial charge on any atom is -0.250 e. The highest BCUT2D eigenvalue weighted by molar-refractivity contribution is 7.99. The normalized spacial score (nSPS) is 9.50. The molecule has 1 heterocycles. The minimum absolute atomic E-state index is 1.01. The highest BCUT2D eigenvalue weighted by Crippen LogP contribution is 2.14. The van der Waals surface area contributed by atoms with Gasteiger partial charge in [0.15, 0.2) is 0 Å². The van der Waals surface area contributed by atoms with E-state index in [1.54, 1.807) is 11.8 Å². The van der Waals surface area contributed by atoms with Gasteiger partial charge in [-0.3, -0.25) is 0 Å². The summed E-state index contributed by atoms with van der Waals surface area (Å²) in [4.78, 5) is 4.21. The zero-order valence-electron chi connectivity index (χ0n) is 7.45. The Morgan fingerprint density at radius 2 is 2.33 bits per heavy atom. The van der Waals surface area contributed by atoms with Gasteiger partial charge in [0.2, 0.25) is 0 Å². The summed E-state index contributed by atoms with van der Waals surface area (Å²) in [6.45, 7) is 4.22. The van der Waals surface area contributed by atoms with Crippen LogP contribution in [0.1, 0.15) is 13.8 Å². The van der Waals surface area contributed by atoms with E-state index in [0.717, 1.165) is 10.8 Å². The van der Waals surface area contributed by atoms with Gasteiger partial charge < -0.3 is 0 Å². The van der Waals surface area contributed by atoms with Crippen molar-refractivity contribution in [1.82, 2.24) is 4.98 Å². The van der Waals surface area contributed by atoms with E-state index in [2.05, 4.69) is 24.9 Å². The average molecular weight is 179 g/mol. The second-order valence-electron chi connectivity index (χ2n) is 2.76. The molecule has 1 aromatic heterocycles. The molecule has 1 aromatic rings. The highest BCUT2D eigenvalue weighted by Gasteiger charge is 1.89. The Morgan fingerprint density at radius 1 is 1.50 bits per heavy atom. The summed E-state index contributed by atoms with van der Waals surface area (Å²) in [6, 6.07) is 5.98. The Balaban J connectivity index is 2.39. The van der Waals surface area contributed by atoms with E-state index < -0.39 is 0 Å². The fourth-order valence-corrected chi connectivity index (χ4v) is 1.62. The van der Waals surface area contributed by atoms with Crippen LogP contribution in [0.3, 0.4) is 0 Å². The maximum atomic E-state index is 4.21. The molecule has 0 aliphatic rings. The second kappa shape index (κ2) is 4.99. The summed E-state index contributed by atoms with van der Waals surface area (Å²) in [5, 5.41) is 1.09. The summed E-state index contributed by atoms with van der Waals surface area (Å²) >= 11 is 1.76. The number of allylic oxidation sites excluding steroid dienone is 1. The van der Waals surface area contributed by atoms with Crippen LogP contribution in [-0.4, -0.2) is 10.7 Å². The molecule has 0 atom stereocenters. The van der Waals surface area contributed by atoms with E-state index in [1.165, 1.54) is 5.57 Å². The van der Waals surface area contributed by atoms with Crippen molar-refractivity contribution in [1.29, 1.82) is 0 Å². The Hall–Kier alpha value is -0.760. The van der Waals surface area contributed by atoms with Crippen LogP contribution in [-0.2, 0) is 0 Å². The zero-order chi connectivity index (χ0) is 8.81. The van der Waals surface area contributed by atoms with Crippen LogP contribution in [0.15, 0.2) is 41.1 Å². The first-order valence-electron chi connectivity index (χ1n) is 3.96. The van der Waals surface area contributed by atoms with E-state index in [1.807, 2.05) is 24.4 Å². The molecule has 1 rings (SSSR count). The number of hydrogen-bond acceptors (Lipinski definition) is 2. The van der Waals surface area contributed by atoms with Gasteiger partial charge in [0, 0.05) is 11.9 Å². The molecule has 0 radical (unpaired) electrons. The molecule has 0 unspecified atom stereocenters. The summed E-state index contributed by atoms with van der Waals surface area (Å²) in [5.41, 5.74) is 1.36. The molecule has 0 N–H and O–H groups in total. The summed E-state index contributed by atoms with van der Waals surface area (Å²) in [7, 11) is 0. The standard InChI is InChI=1S/C10H13NS/c1-9(2)6-8-12-10-5-3-4-7-11-10/h3-7H,8H2,1-2H3. The van der Waals surface area contributed by atoms with Crippen LogP contribution in [0.2, 0.25) is 0 Å². The monoisotopic (exact) mass is 179 g/mol. The largest absolute Gasteiger partial charge is 0.250 e. The molecule has 0 bridgehead atoms. The lowest BCUT2D eigenvalue weighted by Gasteiger charge is -1.95. The molecule has 0 saturated heterocycles. The molecular formula is C10H13NS. The van der Waals surface area contributed by atoms with Crippen LogP contribution in [0.4, 0.5) is 0 Å². The van der Waals surface area contributed by atoms with E-state index in [9.17, 15) is 0 Å². The van der Waals surface area contributed by atoms with E-state index in [0.29, 0.717) is 0 Å². The lowest BCUT2D eigenvalue weighted by atomic mass is 10.3. The van der Waals surface area contributed by atoms with Crippen molar-refractivity contribution in [2.75, 3.05) is 5.75 Å². The topological polar surface area (TPSA) is 12.9 Å². The van der Waals surface area contributed by atoms with Gasteiger partial charge in [0.05, 0.1) is 5.03 Å². The first-order chi connectivity index (χ1) is 5.79. The predicted octanol–water partition coefficient (Wildman–Crippen LogP) is 3.14. The summed E-state index contributed by atoms with van der Waals surface area (Å²) in [5.74, 6) is 1.01. The SMILES string of the molecule is CC(C)=CCSc1ccccn1. The van der Waals surface area contributed by atoms with Crippen LogP contribution in [0.5, 0.6) is 0 Å². The predicted molar refractivity (Wildman–Crippen MR) is 54.4 cm³/mol. The molecular weight excluding hydrogens is 166 g/mol. The molecule has 0 amide bonds. The third-order valence-corrected chi connectivity index (χ3v) is 2.23. The molecule has 0 fully saturated rings. The molecule has 0 aliphatic heterocycles. The second-order valence-corrected chi connectivity index (χ2v) is 3.80. The smallest absolute Gasteiger partial charge is 0.0962 e. The number of aromatic nitrogens is 1. The van der Waals surface area contributed by atoms with Crippen molar-refractivity contribution in [2.24, 2.45) is 0 Å². The first-order valence-corrected chi connectivity index (χ1v) is 4.95. The molecule has 0 saturated carbocycles. The van der Waals surface area contributed by atoms with Crippen LogP contribution >= 0.6 is 11.8 Å². The molecule has 0 aliphatic carbocycles. The molecule has 12 heavy (non-hydrogen) atoms. The van der Waals surface area contributed by atoms with Gasteiger partial charge in [-0.05, 0) is 26.0 Å². The van der Waals surface area contributed by atoms with Gasteiger partial charge in [-0.2, -0.15) is 0 Å². The van der Waals surface area contributed by atoms with Gasteiger partial charge in [-0.25, -0.2) is 4.98 Å². The van der Waals surface area contributed by atoms with Crippen molar-refractivity contribution in [3.8, 4) is 0 Å². The Labute approximate surface area is 77.9 Å². The maximum Gasteiger partial charge on any atom is 0.0962 e. The Morgan fingerprint density at radius 3 is 2.92 bits per heavy atom. The van der Waals surface area contributed by atoms with E-state index >= 15 is 0 Å². The number of nitrogens with zero attached hydrogens (tertiary/aromatic N) is 1. The van der Waals surface area contributed by atoms with Crippen LogP contribution in [0, 0.1) is 0 Å². The lowest BCUT2D eigenvalue weighted by Crippen LogP contribution is -1.78. The summed E-state index contributed by atoms with van der Waals surface area (Å²) in [6.07, 6.45) is 4.03. The Bertz CT molecular complexity index is 250. The van der Waals surface area contributed by atoms with Gasteiger partial charge in [0.1, 0.15) is 0 Å². The van der Waals surface area contributed by atoms with E-state index in [4.69, 9.17) is 0 Å². The average Bonchev–Trinajstić information content (AvgIpc) is 2.05. The summed E-state index contributed by atoms with van der Waals surface area (Å²) < 4.78 is 0. The van der Waals surface area contributed by atoms with Crippen molar-refractivity contribution >= 4 is 11.8 Å². The number of pyridine rings is 1. The van der Waals surface area contributed by atoms with Crippen molar-refractivity contribution in [3.05, 3.63) is 36.0 Å². The van der Waals surface area contributed by atoms with Crippen molar-refractivity contribution in [2.45, 2.75) is 18.9 Å². The van der Waals surface area contributed by atoms with Gasteiger partial charge in [0.25, 0.3) is 0 Å². The maximum absolute atomic E-state index is 4.21. The molecule has 0 aromatic carbocycles. The van der Waals surface area contributed by atoms with Crippen molar-refractivity contribution in [3.63, 3.8) is 0 Å². The van der Waals surface area contributed by atoms with Crippen LogP contribution in [0.25, 0.3) is 0 Å². The van der Waals surface area contributed by atoms with E-state index in [-0.39, 0.29) is 0 Å². The van der Waals surface area contributed by atoms with Gasteiger partial charge in [-0.1, -0.05) is 17.7 Å². The van der Waals surface area contributed by atoms with Gasteiger partial charge >= 0.3 is 0 Å². The number of thioether (sulfide) groups is 1. The Kier molecular flexibility index (Phi) is 3.88. The lowest BCUT2D eigenvalue weighted by molar-refractivity contribution is 1.14. The van der Waals surface area contributed by atoms with Gasteiger partial charge in [-0.15, -0.1) is 11.8 Å². The fraction of sp³-hybridized carbons (Fsp3) is 0.300. The third-order valence-electron chi connectivity index (χ3n) is 1.36. The quantitative estimate of drug-likeness (QED) is 0.522. The highest BCUT2D eigenvalue weighted by atomic mass is 32.2. The number of hydrogen-bond donors (Lipinski definition) is 0. The first kappa shape index (κ1) is 9.33. The van der Waals surface area contributed by atoms with Crippen molar-refractivity contribution < 1.29 is 0 Å². The molecule has 0 spiro atoms. The minimum atomic E-state index is 1.01.